The van der Waals surface area contributed by atoms with Gasteiger partial charge < -0.3 is 10.2 Å². The number of aliphatic carboxylic acids is 2. The van der Waals surface area contributed by atoms with Crippen molar-refractivity contribution in [3.63, 3.8) is 0 Å². The second-order valence-corrected chi connectivity index (χ2v) is 1.01. The molecule has 0 amide bonds. The number of hydrogen-bond donors (Lipinski definition) is 2. The van der Waals surface area contributed by atoms with E-state index in [0.29, 0.717) is 12.2 Å². The molecule has 0 aromatic carbocycles. The standard InChI is InChI=1S/C4H4O4.HI.2Zn/c5-3(6)1-2-4(7)8;;;/h1-2H,(H,5,6)(H,7,8);1H;;. The number of carboxylic acid groups (broad SMARTS) is 2. The van der Waals surface area contributed by atoms with Crippen molar-refractivity contribution in [2.24, 2.45) is 0 Å². The van der Waals surface area contributed by atoms with Crippen molar-refractivity contribution in [2.45, 2.75) is 0 Å². The van der Waals surface area contributed by atoms with Crippen molar-refractivity contribution in [1.29, 1.82) is 0 Å². The fraction of sp³-hybridized carbons (Fsp3) is 0. The van der Waals surface area contributed by atoms with Crippen molar-refractivity contribution in [3.05, 3.63) is 12.2 Å². The molecule has 0 radical (unpaired) electrons. The van der Waals surface area contributed by atoms with Gasteiger partial charge in [-0.3, -0.25) is 0 Å². The Hall–Kier alpha value is 0.657. The van der Waals surface area contributed by atoms with Crippen LogP contribution in [-0.4, -0.2) is 22.2 Å². The molecule has 11 heavy (non-hydrogen) atoms. The van der Waals surface area contributed by atoms with E-state index < -0.39 is 11.9 Å². The predicted octanol–water partition coefficient (Wildman–Crippen LogP) is 0.325. The fourth-order valence-electron chi connectivity index (χ4n) is 0.143. The average molecular weight is 375 g/mol. The van der Waals surface area contributed by atoms with E-state index in [-0.39, 0.29) is 62.9 Å². The third-order valence-electron chi connectivity index (χ3n) is 0.368. The van der Waals surface area contributed by atoms with E-state index in [1.54, 1.807) is 0 Å². The molecule has 4 nitrogen and oxygen atoms in total. The van der Waals surface area contributed by atoms with E-state index >= 15 is 0 Å². The van der Waals surface area contributed by atoms with E-state index in [9.17, 15) is 9.59 Å². The van der Waals surface area contributed by atoms with Crippen LogP contribution in [0.1, 0.15) is 0 Å². The first-order chi connectivity index (χ1) is 3.63. The van der Waals surface area contributed by atoms with Gasteiger partial charge >= 0.3 is 11.9 Å². The van der Waals surface area contributed by atoms with Crippen molar-refractivity contribution >= 4 is 35.9 Å². The summed E-state index contributed by atoms with van der Waals surface area (Å²) in [5, 5.41) is 15.6. The van der Waals surface area contributed by atoms with Gasteiger partial charge in [0.15, 0.2) is 0 Å². The van der Waals surface area contributed by atoms with Crippen LogP contribution >= 0.6 is 24.0 Å². The maximum atomic E-state index is 9.55. The Labute approximate surface area is 106 Å². The molecule has 0 rings (SSSR count). The summed E-state index contributed by atoms with van der Waals surface area (Å²) >= 11 is 0. The van der Waals surface area contributed by atoms with Gasteiger partial charge in [-0.1, -0.05) is 0 Å². The number of rotatable bonds is 2. The minimum Gasteiger partial charge on any atom is -0.478 e. The summed E-state index contributed by atoms with van der Waals surface area (Å²) in [5.74, 6) is -2.51. The Morgan fingerprint density at radius 3 is 1.18 bits per heavy atom. The number of halogens is 1. The molecule has 0 aromatic rings. The van der Waals surface area contributed by atoms with Crippen LogP contribution in [0.25, 0.3) is 0 Å². The largest absolute Gasteiger partial charge is 0.478 e. The maximum Gasteiger partial charge on any atom is 0.328 e. The first kappa shape index (κ1) is 22.6. The van der Waals surface area contributed by atoms with Crippen LogP contribution in [-0.2, 0) is 48.5 Å². The SMILES string of the molecule is I.O=C(O)C=CC(=O)O.[Zn].[Zn]. The van der Waals surface area contributed by atoms with Crippen LogP contribution in [0.5, 0.6) is 0 Å². The minimum absolute atomic E-state index is 0. The van der Waals surface area contributed by atoms with E-state index in [1.165, 1.54) is 0 Å². The molecule has 0 atom stereocenters. The van der Waals surface area contributed by atoms with Gasteiger partial charge in [0, 0.05) is 51.1 Å². The number of carbonyl (C=O) groups is 2. The molecule has 0 saturated carbocycles. The molecular weight excluding hydrogens is 370 g/mol. The number of hydrogen-bond acceptors (Lipinski definition) is 2. The van der Waals surface area contributed by atoms with E-state index in [4.69, 9.17) is 10.2 Å². The summed E-state index contributed by atoms with van der Waals surface area (Å²) in [7, 11) is 0. The van der Waals surface area contributed by atoms with E-state index in [0.717, 1.165) is 0 Å². The molecule has 0 spiro atoms. The van der Waals surface area contributed by atoms with Gasteiger partial charge in [0.25, 0.3) is 0 Å². The van der Waals surface area contributed by atoms with Gasteiger partial charge in [-0.2, -0.15) is 0 Å². The fourth-order valence-corrected chi connectivity index (χ4v) is 0.143. The van der Waals surface area contributed by atoms with Crippen LogP contribution in [0.3, 0.4) is 0 Å². The summed E-state index contributed by atoms with van der Waals surface area (Å²) in [6.07, 6.45) is 1.12. The molecule has 0 bridgehead atoms. The predicted molar refractivity (Wildman–Crippen MR) is 39.8 cm³/mol. The van der Waals surface area contributed by atoms with Gasteiger partial charge in [0.05, 0.1) is 0 Å². The number of carboxylic acids is 2. The topological polar surface area (TPSA) is 74.6 Å². The molecule has 7 heteroatoms. The zero-order valence-electron chi connectivity index (χ0n) is 5.69. The summed E-state index contributed by atoms with van der Waals surface area (Å²) in [6, 6.07) is 0. The average Bonchev–Trinajstić information content (AvgIpc) is 1.61. The Morgan fingerprint density at radius 2 is 1.09 bits per heavy atom. The van der Waals surface area contributed by atoms with Crippen molar-refractivity contribution in [3.8, 4) is 0 Å². The Balaban J connectivity index is -0.0000000817. The minimum atomic E-state index is -1.26. The summed E-state index contributed by atoms with van der Waals surface area (Å²) in [4.78, 5) is 19.1. The second-order valence-electron chi connectivity index (χ2n) is 1.01. The van der Waals surface area contributed by atoms with Crippen molar-refractivity contribution in [2.75, 3.05) is 0 Å². The first-order valence-corrected chi connectivity index (χ1v) is 1.77. The molecule has 2 N–H and O–H groups in total. The zero-order valence-corrected chi connectivity index (χ0v) is 14.0. The smallest absolute Gasteiger partial charge is 0.328 e. The van der Waals surface area contributed by atoms with Crippen molar-refractivity contribution < 1.29 is 58.8 Å². The quantitative estimate of drug-likeness (QED) is 0.415. The molecule has 56 valence electrons. The molecule has 0 aliphatic heterocycles. The zero-order chi connectivity index (χ0) is 6.57. The summed E-state index contributed by atoms with van der Waals surface area (Å²) < 4.78 is 0. The molecule has 0 aliphatic rings. The third kappa shape index (κ3) is 25.0. The second kappa shape index (κ2) is 13.3. The van der Waals surface area contributed by atoms with Gasteiger partial charge in [0.1, 0.15) is 0 Å². The summed E-state index contributed by atoms with van der Waals surface area (Å²) in [5.41, 5.74) is 0. The van der Waals surface area contributed by atoms with Gasteiger partial charge in [-0.15, -0.1) is 24.0 Å². The molecular formula is C4H5IO4Zn2. The monoisotopic (exact) mass is 372 g/mol. The Morgan fingerprint density at radius 1 is 0.909 bits per heavy atom. The van der Waals surface area contributed by atoms with Gasteiger partial charge in [0.2, 0.25) is 0 Å². The van der Waals surface area contributed by atoms with Gasteiger partial charge in [-0.25, -0.2) is 9.59 Å². The van der Waals surface area contributed by atoms with Gasteiger partial charge in [-0.05, 0) is 0 Å². The maximum absolute atomic E-state index is 9.55. The Bertz CT molecular complexity index is 131. The molecule has 0 aliphatic carbocycles. The van der Waals surface area contributed by atoms with Crippen LogP contribution < -0.4 is 0 Å². The Kier molecular flexibility index (Phi) is 27.2. The molecule has 0 saturated heterocycles. The van der Waals surface area contributed by atoms with Crippen LogP contribution in [0.2, 0.25) is 0 Å². The molecule has 0 heterocycles. The van der Waals surface area contributed by atoms with E-state index in [1.807, 2.05) is 0 Å². The molecule has 0 fully saturated rings. The summed E-state index contributed by atoms with van der Waals surface area (Å²) in [6.45, 7) is 0. The van der Waals surface area contributed by atoms with Crippen LogP contribution in [0, 0.1) is 0 Å². The first-order valence-electron chi connectivity index (χ1n) is 1.77. The van der Waals surface area contributed by atoms with Crippen LogP contribution in [0.15, 0.2) is 12.2 Å². The normalized spacial score (nSPS) is 6.91. The third-order valence-corrected chi connectivity index (χ3v) is 0.368. The van der Waals surface area contributed by atoms with Crippen LogP contribution in [0.4, 0.5) is 0 Å². The molecule has 0 unspecified atom stereocenters. The van der Waals surface area contributed by atoms with E-state index in [2.05, 4.69) is 0 Å². The molecule has 0 aromatic heterocycles. The van der Waals surface area contributed by atoms with Crippen molar-refractivity contribution in [1.82, 2.24) is 0 Å².